The lowest BCUT2D eigenvalue weighted by Gasteiger charge is -2.32. The Bertz CT molecular complexity index is 842. The zero-order chi connectivity index (χ0) is 21.5. The highest BCUT2D eigenvalue weighted by Gasteiger charge is 2.23. The molecule has 2 aliphatic rings. The van der Waals surface area contributed by atoms with Crippen LogP contribution in [0.1, 0.15) is 24.0 Å². The molecule has 2 aromatic carbocycles. The Labute approximate surface area is 208 Å². The average Bonchev–Trinajstić information content (AvgIpc) is 3.24. The molecule has 0 spiro atoms. The summed E-state index contributed by atoms with van der Waals surface area (Å²) in [6.07, 6.45) is 3.53. The van der Waals surface area contributed by atoms with Crippen LogP contribution in [0.25, 0.3) is 0 Å². The first-order valence-corrected chi connectivity index (χ1v) is 11.3. The van der Waals surface area contributed by atoms with Gasteiger partial charge in [0.1, 0.15) is 17.6 Å². The number of hydrogen-bond acceptors (Lipinski definition) is 4. The van der Waals surface area contributed by atoms with E-state index in [1.165, 1.54) is 24.0 Å². The molecular weight excluding hydrogens is 515 g/mol. The van der Waals surface area contributed by atoms with Gasteiger partial charge in [0.2, 0.25) is 0 Å². The fourth-order valence-corrected chi connectivity index (χ4v) is 4.38. The Kier molecular flexibility index (Phi) is 9.47. The molecule has 0 amide bonds. The number of para-hydroxylation sites is 1. The number of likely N-dealkylation sites (tertiary alicyclic amines) is 1. The molecule has 2 N–H and O–H groups in total. The second kappa shape index (κ2) is 12.3. The van der Waals surface area contributed by atoms with E-state index in [0.29, 0.717) is 5.92 Å². The van der Waals surface area contributed by atoms with Crippen LogP contribution in [-0.4, -0.2) is 57.3 Å². The molecule has 1 saturated heterocycles. The van der Waals surface area contributed by atoms with Gasteiger partial charge in [0.15, 0.2) is 5.96 Å². The number of halogens is 1. The van der Waals surface area contributed by atoms with Gasteiger partial charge in [-0.1, -0.05) is 30.3 Å². The van der Waals surface area contributed by atoms with Gasteiger partial charge in [0.05, 0.1) is 13.7 Å². The first-order chi connectivity index (χ1) is 15.2. The van der Waals surface area contributed by atoms with Crippen molar-refractivity contribution >= 4 is 29.9 Å². The van der Waals surface area contributed by atoms with E-state index in [4.69, 9.17) is 9.47 Å². The minimum Gasteiger partial charge on any atom is -0.497 e. The van der Waals surface area contributed by atoms with Gasteiger partial charge in [-0.05, 0) is 61.2 Å². The van der Waals surface area contributed by atoms with Crippen molar-refractivity contribution in [3.63, 3.8) is 0 Å². The lowest BCUT2D eigenvalue weighted by atomic mass is 9.96. The van der Waals surface area contributed by atoms with Gasteiger partial charge in [-0.2, -0.15) is 0 Å². The number of benzene rings is 2. The van der Waals surface area contributed by atoms with Crippen molar-refractivity contribution in [2.24, 2.45) is 10.9 Å². The minimum atomic E-state index is 0. The molecule has 1 fully saturated rings. The third-order valence-electron chi connectivity index (χ3n) is 6.27. The molecule has 1 unspecified atom stereocenters. The molecule has 6 nitrogen and oxygen atoms in total. The van der Waals surface area contributed by atoms with Crippen LogP contribution in [0.4, 0.5) is 0 Å². The largest absolute Gasteiger partial charge is 0.497 e. The normalized spacial score (nSPS) is 18.9. The van der Waals surface area contributed by atoms with Gasteiger partial charge in [-0.3, -0.25) is 9.89 Å². The maximum atomic E-state index is 6.01. The maximum Gasteiger partial charge on any atom is 0.191 e. The third kappa shape index (κ3) is 6.75. The van der Waals surface area contributed by atoms with Crippen LogP contribution in [0.15, 0.2) is 53.5 Å². The van der Waals surface area contributed by atoms with Gasteiger partial charge in [-0.25, -0.2) is 0 Å². The topological polar surface area (TPSA) is 58.1 Å². The molecule has 2 heterocycles. The average molecular weight is 550 g/mol. The molecule has 4 rings (SSSR count). The van der Waals surface area contributed by atoms with E-state index in [1.807, 2.05) is 31.3 Å². The van der Waals surface area contributed by atoms with Gasteiger partial charge >= 0.3 is 0 Å². The second-order valence-electron chi connectivity index (χ2n) is 8.45. The summed E-state index contributed by atoms with van der Waals surface area (Å²) in [5.74, 6) is 3.47. The van der Waals surface area contributed by atoms with Crippen LogP contribution in [0, 0.1) is 5.92 Å². The molecule has 1 atom stereocenters. The summed E-state index contributed by atoms with van der Waals surface area (Å²) in [6.45, 7) is 5.00. The molecule has 174 valence electrons. The summed E-state index contributed by atoms with van der Waals surface area (Å²) in [4.78, 5) is 6.93. The van der Waals surface area contributed by atoms with E-state index in [0.717, 1.165) is 56.6 Å². The van der Waals surface area contributed by atoms with Crippen molar-refractivity contribution in [3.8, 4) is 11.5 Å². The third-order valence-corrected chi connectivity index (χ3v) is 6.27. The number of fused-ring (bicyclic) bond motifs is 1. The molecule has 0 saturated carbocycles. The van der Waals surface area contributed by atoms with Crippen molar-refractivity contribution in [3.05, 3.63) is 59.7 Å². The Balaban J connectivity index is 0.00000289. The van der Waals surface area contributed by atoms with Gasteiger partial charge in [-0.15, -0.1) is 24.0 Å². The summed E-state index contributed by atoms with van der Waals surface area (Å²) >= 11 is 0. The lowest BCUT2D eigenvalue weighted by Crippen LogP contribution is -2.45. The predicted octanol–water partition coefficient (Wildman–Crippen LogP) is 3.69. The van der Waals surface area contributed by atoms with Crippen LogP contribution >= 0.6 is 24.0 Å². The van der Waals surface area contributed by atoms with E-state index in [2.05, 4.69) is 44.8 Å². The number of rotatable bonds is 7. The number of guanidine groups is 1. The number of nitrogens with zero attached hydrogens (tertiary/aromatic N) is 2. The zero-order valence-electron chi connectivity index (χ0n) is 19.0. The zero-order valence-corrected chi connectivity index (χ0v) is 21.4. The van der Waals surface area contributed by atoms with Crippen molar-refractivity contribution in [2.45, 2.75) is 31.9 Å². The quantitative estimate of drug-likeness (QED) is 0.313. The first kappa shape index (κ1) is 24.6. The van der Waals surface area contributed by atoms with Crippen LogP contribution in [0.2, 0.25) is 0 Å². The maximum absolute atomic E-state index is 6.01. The molecule has 0 aromatic heterocycles. The summed E-state index contributed by atoms with van der Waals surface area (Å²) < 4.78 is 11.3. The van der Waals surface area contributed by atoms with Crippen molar-refractivity contribution < 1.29 is 9.47 Å². The Morgan fingerprint density at radius 2 is 1.78 bits per heavy atom. The summed E-state index contributed by atoms with van der Waals surface area (Å²) in [7, 11) is 3.54. The molecule has 2 aromatic rings. The van der Waals surface area contributed by atoms with Crippen molar-refractivity contribution in [1.29, 1.82) is 0 Å². The smallest absolute Gasteiger partial charge is 0.191 e. The Morgan fingerprint density at radius 1 is 1.06 bits per heavy atom. The SMILES string of the molecule is CN=C(NCC1CCN(Cc2ccc(OC)cc2)CC1)NCC1Cc2ccccc2O1.I. The number of nitrogens with one attached hydrogen (secondary N) is 2. The Morgan fingerprint density at radius 3 is 2.47 bits per heavy atom. The fourth-order valence-electron chi connectivity index (χ4n) is 4.38. The predicted molar refractivity (Wildman–Crippen MR) is 140 cm³/mol. The molecule has 0 bridgehead atoms. The number of methoxy groups -OCH3 is 1. The van der Waals surface area contributed by atoms with E-state index in [1.54, 1.807) is 7.11 Å². The first-order valence-electron chi connectivity index (χ1n) is 11.3. The molecule has 0 radical (unpaired) electrons. The molecule has 32 heavy (non-hydrogen) atoms. The fraction of sp³-hybridized carbons (Fsp3) is 0.480. The van der Waals surface area contributed by atoms with Crippen molar-refractivity contribution in [2.75, 3.05) is 40.3 Å². The van der Waals surface area contributed by atoms with Crippen molar-refractivity contribution in [1.82, 2.24) is 15.5 Å². The number of ether oxygens (including phenoxy) is 2. The summed E-state index contributed by atoms with van der Waals surface area (Å²) in [6, 6.07) is 16.7. The standard InChI is InChI=1S/C25H34N4O2.HI/c1-26-25(28-17-23-15-21-5-3-4-6-24(21)31-23)27-16-19-11-13-29(14-12-19)18-20-7-9-22(30-2)10-8-20;/h3-10,19,23H,11-18H2,1-2H3,(H2,26,27,28);1H. The van der Waals surface area contributed by atoms with Crippen LogP contribution in [0.3, 0.4) is 0 Å². The lowest BCUT2D eigenvalue weighted by molar-refractivity contribution is 0.178. The molecular formula is C25H35IN4O2. The molecule has 0 aliphatic carbocycles. The molecule has 2 aliphatic heterocycles. The highest BCUT2D eigenvalue weighted by atomic mass is 127. The van der Waals surface area contributed by atoms with Gasteiger partial charge < -0.3 is 20.1 Å². The second-order valence-corrected chi connectivity index (χ2v) is 8.45. The number of hydrogen-bond donors (Lipinski definition) is 2. The number of aliphatic imine (C=N–C) groups is 1. The summed E-state index contributed by atoms with van der Waals surface area (Å²) in [5, 5.41) is 6.94. The molecule has 7 heteroatoms. The Hall–Kier alpha value is -2.00. The van der Waals surface area contributed by atoms with Crippen LogP contribution < -0.4 is 20.1 Å². The van der Waals surface area contributed by atoms with Gasteiger partial charge in [0, 0.05) is 26.6 Å². The van der Waals surface area contributed by atoms with Crippen LogP contribution in [0.5, 0.6) is 11.5 Å². The highest BCUT2D eigenvalue weighted by molar-refractivity contribution is 14.0. The number of piperidine rings is 1. The van der Waals surface area contributed by atoms with E-state index < -0.39 is 0 Å². The van der Waals surface area contributed by atoms with Crippen LogP contribution in [-0.2, 0) is 13.0 Å². The van der Waals surface area contributed by atoms with Gasteiger partial charge in [0.25, 0.3) is 0 Å². The van der Waals surface area contributed by atoms with E-state index in [-0.39, 0.29) is 30.1 Å². The van der Waals surface area contributed by atoms with E-state index in [9.17, 15) is 0 Å². The van der Waals surface area contributed by atoms with E-state index >= 15 is 0 Å². The minimum absolute atomic E-state index is 0. The highest BCUT2D eigenvalue weighted by Crippen LogP contribution is 2.27. The summed E-state index contributed by atoms with van der Waals surface area (Å²) in [5.41, 5.74) is 2.64. The monoisotopic (exact) mass is 550 g/mol.